The minimum absolute atomic E-state index is 0.921. The van der Waals surface area contributed by atoms with Gasteiger partial charge < -0.3 is 53.9 Å². The van der Waals surface area contributed by atoms with Crippen LogP contribution in [0.3, 0.4) is 0 Å². The molecular weight excluding hydrogens is 1260 g/mol. The Labute approximate surface area is 639 Å². The van der Waals surface area contributed by atoms with Crippen LogP contribution in [0.4, 0.5) is 0 Å². The molecule has 24 rings (SSSR count). The van der Waals surface area contributed by atoms with Crippen LogP contribution < -0.4 is 0 Å². The van der Waals surface area contributed by atoms with Crippen molar-refractivity contribution in [1.29, 1.82) is 0 Å². The number of likely N-dealkylation sites (tertiary alicyclic amines) is 6. The zero-order chi connectivity index (χ0) is 73.6. The topological polar surface area (TPSA) is 35.6 Å². The Morgan fingerprint density at radius 3 is 0.641 bits per heavy atom. The van der Waals surface area contributed by atoms with Crippen LogP contribution in [0.1, 0.15) is 262 Å². The van der Waals surface area contributed by atoms with Gasteiger partial charge in [-0.15, -0.1) is 0 Å². The number of hydrogen-bond donors (Lipinski definition) is 0. The maximum atomic E-state index is 2.60. The lowest BCUT2D eigenvalue weighted by molar-refractivity contribution is 0.0280. The predicted molar refractivity (Wildman–Crippen MR) is 440 cm³/mol. The van der Waals surface area contributed by atoms with Gasteiger partial charge in [0.25, 0.3) is 0 Å². The molecule has 8 saturated carbocycles. The molecule has 103 heavy (non-hydrogen) atoms. The van der Waals surface area contributed by atoms with Crippen LogP contribution in [-0.4, -0.2) is 268 Å². The second-order valence-corrected chi connectivity index (χ2v) is 42.9. The monoisotopic (exact) mass is 1430 g/mol. The number of nitrogens with zero attached hydrogens (tertiary/aromatic N) is 11. The van der Waals surface area contributed by atoms with E-state index in [4.69, 9.17) is 0 Å². The zero-order valence-corrected chi connectivity index (χ0v) is 72.1. The van der Waals surface area contributed by atoms with E-state index in [0.29, 0.717) is 0 Å². The van der Waals surface area contributed by atoms with Crippen molar-refractivity contribution in [2.24, 2.45) is 112 Å². The van der Waals surface area contributed by atoms with Crippen molar-refractivity contribution in [2.75, 3.05) is 130 Å². The molecule has 0 aromatic heterocycles. The minimum Gasteiger partial charge on any atom is -0.303 e. The molecule has 24 aliphatic rings. The molecule has 0 amide bonds. The molecule has 0 aromatic carbocycles. The van der Waals surface area contributed by atoms with Crippen molar-refractivity contribution in [1.82, 2.24) is 53.9 Å². The van der Waals surface area contributed by atoms with Gasteiger partial charge in [0, 0.05) is 137 Å². The van der Waals surface area contributed by atoms with Gasteiger partial charge in [0.1, 0.15) is 0 Å². The first-order valence-electron chi connectivity index (χ1n) is 45.8. The molecule has 8 aliphatic carbocycles. The maximum absolute atomic E-state index is 2.60. The van der Waals surface area contributed by atoms with Gasteiger partial charge in [-0.25, -0.2) is 0 Å². The fourth-order valence-electron chi connectivity index (χ4n) is 29.1. The number of rotatable bonds is 0. The maximum Gasteiger partial charge on any atom is 0.0122 e. The second kappa shape index (κ2) is 36.1. The zero-order valence-electron chi connectivity index (χ0n) is 72.1. The summed E-state index contributed by atoms with van der Waals surface area (Å²) in [4.78, 5) is 28.0. The van der Waals surface area contributed by atoms with Crippen LogP contribution in [0.5, 0.6) is 0 Å². The average Bonchev–Trinajstić information content (AvgIpc) is 1.53. The van der Waals surface area contributed by atoms with Crippen molar-refractivity contribution in [3.05, 3.63) is 0 Å². The van der Waals surface area contributed by atoms with E-state index in [2.05, 4.69) is 208 Å². The molecule has 22 bridgehead atoms. The Balaban J connectivity index is 0.000000107. The minimum atomic E-state index is 0.921. The lowest BCUT2D eigenvalue weighted by Gasteiger charge is -2.47. The largest absolute Gasteiger partial charge is 0.303 e. The smallest absolute Gasteiger partial charge is 0.0122 e. The van der Waals surface area contributed by atoms with Crippen LogP contribution in [0.15, 0.2) is 0 Å². The summed E-state index contributed by atoms with van der Waals surface area (Å²) in [6.07, 6.45) is 42.7. The Morgan fingerprint density at radius 1 is 0.175 bits per heavy atom. The van der Waals surface area contributed by atoms with Crippen molar-refractivity contribution >= 4 is 0 Å². The molecule has 24 fully saturated rings. The molecule has 31 unspecified atom stereocenters. The molecule has 0 radical (unpaired) electrons. The molecule has 16 heterocycles. The predicted octanol–water partition coefficient (Wildman–Crippen LogP) is 16.8. The van der Waals surface area contributed by atoms with Gasteiger partial charge in [0.05, 0.1) is 0 Å². The SMILES string of the molecule is CC1C2CCC1N(C)C2.CC1C2CCC1N(C)C2.CC1CC2CC1CN2C.CC1CC2CC1CN2C.CC1CC2CC1N(C)C2.CC1CC2CC1N(C)C2.CC1CC2CCC(C1)N2C.CC1CC2CCC(C1)N2C.CC1CC2CCC1N(C)C2.CC1CC2CCC1N(C)C2.CC1CC2CCC1N2C. The summed E-state index contributed by atoms with van der Waals surface area (Å²) < 4.78 is 0. The molecular formula is C92H173N11. The quantitative estimate of drug-likeness (QED) is 0.233. The molecule has 0 spiro atoms. The molecule has 0 N–H and O–H groups in total. The highest BCUT2D eigenvalue weighted by Gasteiger charge is 2.48. The molecule has 11 heteroatoms. The summed E-state index contributed by atoms with van der Waals surface area (Å²) in [6.45, 7) is 37.4. The molecule has 16 saturated heterocycles. The fourth-order valence-corrected chi connectivity index (χ4v) is 29.1. The lowest BCUT2D eigenvalue weighted by atomic mass is 9.74. The van der Waals surface area contributed by atoms with E-state index in [9.17, 15) is 0 Å². The highest BCUT2D eigenvalue weighted by molar-refractivity contribution is 5.02. The van der Waals surface area contributed by atoms with E-state index in [1.54, 1.807) is 0 Å². The standard InChI is InChI=1S/4C9H17N.7C8H15N/c2*1-7-5-8-3-4-9(7)10(2)6-8;2*1-7-5-8-3-4-9(6-7)10(8)2;2*1-6-3-8-4-7(6)5-9(8)2;2*1-6-3-7-4-8(6)9(2)5-7;2*1-6-7-3-4-8(6)9(2)5-7;1-6-5-7-3-4-8(6)9(7)2/h4*7-9H,3-6H2,1-2H3;7*6-8H,3-5H2,1-2H3. The highest BCUT2D eigenvalue weighted by atomic mass is 15.2. The highest BCUT2D eigenvalue weighted by Crippen LogP contribution is 2.47. The first-order valence-corrected chi connectivity index (χ1v) is 45.8. The third-order valence-corrected chi connectivity index (χ3v) is 35.5. The van der Waals surface area contributed by atoms with Crippen LogP contribution in [-0.2, 0) is 0 Å². The first-order chi connectivity index (χ1) is 49.0. The van der Waals surface area contributed by atoms with E-state index in [0.717, 1.165) is 197 Å². The summed E-state index contributed by atoms with van der Waals surface area (Å²) in [7, 11) is 25.0. The van der Waals surface area contributed by atoms with Crippen molar-refractivity contribution in [2.45, 2.75) is 347 Å². The van der Waals surface area contributed by atoms with Crippen LogP contribution in [0.25, 0.3) is 0 Å². The van der Waals surface area contributed by atoms with Gasteiger partial charge in [0.2, 0.25) is 0 Å². The molecule has 596 valence electrons. The van der Waals surface area contributed by atoms with Gasteiger partial charge >= 0.3 is 0 Å². The van der Waals surface area contributed by atoms with Gasteiger partial charge in [-0.2, -0.15) is 0 Å². The van der Waals surface area contributed by atoms with E-state index >= 15 is 0 Å². The fraction of sp³-hybridized carbons (Fsp3) is 1.00. The summed E-state index contributed by atoms with van der Waals surface area (Å²) in [6, 6.07) is 13.1. The van der Waals surface area contributed by atoms with Crippen LogP contribution >= 0.6 is 0 Å². The summed E-state index contributed by atoms with van der Waals surface area (Å²) in [5, 5.41) is 0. The van der Waals surface area contributed by atoms with E-state index in [1.165, 1.54) is 239 Å². The molecule has 0 aromatic rings. The third kappa shape index (κ3) is 19.6. The lowest BCUT2D eigenvalue weighted by Crippen LogP contribution is -2.50. The van der Waals surface area contributed by atoms with E-state index < -0.39 is 0 Å². The summed E-state index contributed by atoms with van der Waals surface area (Å²) in [5.41, 5.74) is 0. The van der Waals surface area contributed by atoms with E-state index in [-0.39, 0.29) is 0 Å². The molecule has 16 aliphatic heterocycles. The summed E-state index contributed by atoms with van der Waals surface area (Å²) >= 11 is 0. The second-order valence-electron chi connectivity index (χ2n) is 42.9. The Bertz CT molecular complexity index is 2240. The van der Waals surface area contributed by atoms with E-state index in [1.807, 2.05) is 0 Å². The van der Waals surface area contributed by atoms with Crippen LogP contribution in [0, 0.1) is 112 Å². The van der Waals surface area contributed by atoms with Gasteiger partial charge in [-0.3, -0.25) is 0 Å². The van der Waals surface area contributed by atoms with Crippen molar-refractivity contribution in [3.8, 4) is 0 Å². The van der Waals surface area contributed by atoms with Gasteiger partial charge in [-0.1, -0.05) is 76.2 Å². The first kappa shape index (κ1) is 82.0. The summed E-state index contributed by atoms with van der Waals surface area (Å²) in [5.74, 6) is 19.2. The van der Waals surface area contributed by atoms with Crippen molar-refractivity contribution < 1.29 is 0 Å². The average molecular weight is 1430 g/mol. The number of fused-ring (bicyclic) bond motifs is 24. The van der Waals surface area contributed by atoms with Gasteiger partial charge in [-0.05, 0) is 376 Å². The Kier molecular flexibility index (Phi) is 28.8. The van der Waals surface area contributed by atoms with Gasteiger partial charge in [0.15, 0.2) is 0 Å². The molecule has 11 nitrogen and oxygen atoms in total. The Hall–Kier alpha value is -0.440. The third-order valence-electron chi connectivity index (χ3n) is 35.5. The number of piperidine rings is 12. The Morgan fingerprint density at radius 2 is 0.456 bits per heavy atom. The molecule has 31 atom stereocenters. The number of hydrogen-bond acceptors (Lipinski definition) is 11. The van der Waals surface area contributed by atoms with Crippen molar-refractivity contribution in [3.63, 3.8) is 0 Å². The van der Waals surface area contributed by atoms with Crippen LogP contribution in [0.2, 0.25) is 0 Å². The normalized spacial score (nSPS) is 49.6.